The summed E-state index contributed by atoms with van der Waals surface area (Å²) in [6.45, 7) is 4.35. The van der Waals surface area contributed by atoms with Crippen LogP contribution in [0.2, 0.25) is 0 Å². The van der Waals surface area contributed by atoms with Gasteiger partial charge in [-0.1, -0.05) is 26.0 Å². The first-order valence-corrected chi connectivity index (χ1v) is 15.7. The van der Waals surface area contributed by atoms with Gasteiger partial charge in [-0.3, -0.25) is 4.79 Å². The highest BCUT2D eigenvalue weighted by Gasteiger charge is 2.26. The van der Waals surface area contributed by atoms with E-state index in [2.05, 4.69) is 19.6 Å². The molecule has 2 N–H and O–H groups in total. The highest BCUT2D eigenvalue weighted by atomic mass is 32.2. The Morgan fingerprint density at radius 3 is 2.24 bits per heavy atom. The van der Waals surface area contributed by atoms with Gasteiger partial charge in [-0.15, -0.1) is 20.2 Å². The molecule has 0 aliphatic rings. The number of sulfonamides is 1. The highest BCUT2D eigenvalue weighted by Crippen LogP contribution is 2.31. The maximum Gasteiger partial charge on any atom is 0.308 e. The Morgan fingerprint density at radius 2 is 1.70 bits per heavy atom. The van der Waals surface area contributed by atoms with Crippen molar-refractivity contribution in [2.24, 2.45) is 0 Å². The molecule has 254 valence electrons. The van der Waals surface area contributed by atoms with E-state index in [0.29, 0.717) is 16.8 Å². The molecule has 0 aliphatic carbocycles. The average molecular weight is 674 g/mol. The fraction of sp³-hybridized carbons (Fsp3) is 0.519. The largest absolute Gasteiger partial charge is 0.466 e. The van der Waals surface area contributed by atoms with Crippen LogP contribution in [0.1, 0.15) is 57.2 Å². The first-order valence-electron chi connectivity index (χ1n) is 13.8. The van der Waals surface area contributed by atoms with Crippen molar-refractivity contribution in [2.45, 2.75) is 70.4 Å². The summed E-state index contributed by atoms with van der Waals surface area (Å²) in [4.78, 5) is 50.8. The number of carbonyl (C=O) groups is 1. The lowest BCUT2D eigenvalue weighted by atomic mass is 9.97. The van der Waals surface area contributed by atoms with Gasteiger partial charge in [0.05, 0.1) is 42.9 Å². The SMILES string of the molecule is CC(C)c1nc(N(C)S(C)(=O)=O)nc(-c2ccc(F)cc2)c1/C=C/[C@@H](O)C[C@@H](O)CC(=O)OCCC(O[N+](=O)[O-])C(C)O[N+](=O)[O-]. The summed E-state index contributed by atoms with van der Waals surface area (Å²) in [5.41, 5.74) is 1.52. The molecule has 1 aromatic heterocycles. The average Bonchev–Trinajstić information content (AvgIpc) is 2.93. The zero-order chi connectivity index (χ0) is 34.8. The number of aliphatic hydroxyl groups excluding tert-OH is 2. The van der Waals surface area contributed by atoms with Crippen LogP contribution < -0.4 is 4.31 Å². The molecule has 2 aromatic rings. The smallest absolute Gasteiger partial charge is 0.308 e. The summed E-state index contributed by atoms with van der Waals surface area (Å²) < 4.78 is 43.9. The van der Waals surface area contributed by atoms with Crippen molar-refractivity contribution in [3.63, 3.8) is 0 Å². The third kappa shape index (κ3) is 11.8. The highest BCUT2D eigenvalue weighted by molar-refractivity contribution is 7.92. The summed E-state index contributed by atoms with van der Waals surface area (Å²) in [6, 6.07) is 5.33. The minimum Gasteiger partial charge on any atom is -0.466 e. The number of carbonyl (C=O) groups excluding carboxylic acids is 1. The van der Waals surface area contributed by atoms with Crippen molar-refractivity contribution in [2.75, 3.05) is 24.2 Å². The van der Waals surface area contributed by atoms with Gasteiger partial charge >= 0.3 is 5.97 Å². The van der Waals surface area contributed by atoms with E-state index in [1.165, 1.54) is 50.4 Å². The Morgan fingerprint density at radius 1 is 1.09 bits per heavy atom. The van der Waals surface area contributed by atoms with E-state index in [1.807, 2.05) is 13.8 Å². The molecular formula is C27H36FN5O12S. The summed E-state index contributed by atoms with van der Waals surface area (Å²) in [6.07, 6.45) is -2.81. The van der Waals surface area contributed by atoms with Crippen LogP contribution in [-0.4, -0.2) is 89.1 Å². The molecule has 0 spiro atoms. The van der Waals surface area contributed by atoms with Gasteiger partial charge in [0.1, 0.15) is 18.0 Å². The van der Waals surface area contributed by atoms with Crippen LogP contribution in [0.15, 0.2) is 30.3 Å². The van der Waals surface area contributed by atoms with Crippen molar-refractivity contribution < 1.29 is 52.4 Å². The number of benzene rings is 1. The summed E-state index contributed by atoms with van der Waals surface area (Å²) in [7, 11) is -2.44. The summed E-state index contributed by atoms with van der Waals surface area (Å²) in [5, 5.41) is 39.8. The van der Waals surface area contributed by atoms with Crippen LogP contribution >= 0.6 is 0 Å². The van der Waals surface area contributed by atoms with E-state index >= 15 is 0 Å². The molecule has 1 heterocycles. The van der Waals surface area contributed by atoms with Gasteiger partial charge in [0.15, 0.2) is 0 Å². The molecule has 0 radical (unpaired) electrons. The summed E-state index contributed by atoms with van der Waals surface area (Å²) >= 11 is 0. The van der Waals surface area contributed by atoms with Gasteiger partial charge < -0.3 is 24.6 Å². The number of halogens is 1. The fourth-order valence-corrected chi connectivity index (χ4v) is 4.45. The van der Waals surface area contributed by atoms with E-state index in [9.17, 15) is 48.0 Å². The van der Waals surface area contributed by atoms with Crippen LogP contribution in [0.3, 0.4) is 0 Å². The topological polar surface area (TPSA) is 235 Å². The zero-order valence-corrected chi connectivity index (χ0v) is 26.5. The number of hydrogen-bond acceptors (Lipinski definition) is 14. The minimum atomic E-state index is -3.73. The zero-order valence-electron chi connectivity index (χ0n) is 25.7. The third-order valence-electron chi connectivity index (χ3n) is 6.47. The van der Waals surface area contributed by atoms with Gasteiger partial charge in [0.2, 0.25) is 16.0 Å². The van der Waals surface area contributed by atoms with Crippen molar-refractivity contribution in [1.82, 2.24) is 9.97 Å². The van der Waals surface area contributed by atoms with E-state index in [4.69, 9.17) is 4.74 Å². The molecule has 0 aliphatic heterocycles. The molecule has 0 amide bonds. The van der Waals surface area contributed by atoms with Gasteiger partial charge in [-0.25, -0.2) is 27.1 Å². The quantitative estimate of drug-likeness (QED) is 0.131. The molecule has 19 heteroatoms. The van der Waals surface area contributed by atoms with Crippen LogP contribution in [-0.2, 0) is 29.2 Å². The number of aliphatic hydroxyl groups is 2. The van der Waals surface area contributed by atoms with Crippen LogP contribution in [0.5, 0.6) is 0 Å². The number of esters is 1. The standard InChI is InChI=1S/C27H36FN5O12S/c1-16(2)25-22(26(18-6-8-19(28)9-7-18)30-27(29-25)31(4)46(5,41)42)11-10-20(34)14-21(35)15-24(36)43-13-12-23(45-33(39)40)17(3)44-32(37)38/h6-11,16-17,20-21,23,34-35H,12-15H2,1-5H3/b11-10+/t17?,20-,21-,23?/m1/s1. The first-order chi connectivity index (χ1) is 21.4. The lowest BCUT2D eigenvalue weighted by Gasteiger charge is -2.20. The second-order valence-corrected chi connectivity index (χ2v) is 12.5. The number of aromatic nitrogens is 2. The number of rotatable bonds is 18. The molecule has 0 saturated heterocycles. The van der Waals surface area contributed by atoms with E-state index < -0.39 is 69.4 Å². The Hall–Kier alpha value is -4.49. The fourth-order valence-electron chi connectivity index (χ4n) is 4.07. The molecule has 0 bridgehead atoms. The molecule has 2 unspecified atom stereocenters. The lowest BCUT2D eigenvalue weighted by Crippen LogP contribution is -2.34. The monoisotopic (exact) mass is 673 g/mol. The van der Waals surface area contributed by atoms with Crippen molar-refractivity contribution >= 4 is 28.0 Å². The molecule has 4 atom stereocenters. The van der Waals surface area contributed by atoms with E-state index in [1.54, 1.807) is 0 Å². The van der Waals surface area contributed by atoms with E-state index in [0.717, 1.165) is 10.6 Å². The number of nitrogens with zero attached hydrogens (tertiary/aromatic N) is 5. The minimum absolute atomic E-state index is 0.117. The molecular weight excluding hydrogens is 637 g/mol. The number of ether oxygens (including phenoxy) is 1. The first kappa shape index (κ1) is 37.7. The van der Waals surface area contributed by atoms with Gasteiger partial charge in [-0.2, -0.15) is 0 Å². The maximum atomic E-state index is 13.7. The Kier molecular flexibility index (Phi) is 13.7. The third-order valence-corrected chi connectivity index (χ3v) is 7.63. The summed E-state index contributed by atoms with van der Waals surface area (Å²) in [5.74, 6) is -1.78. The molecule has 17 nitrogen and oxygen atoms in total. The van der Waals surface area contributed by atoms with Gasteiger partial charge in [-0.05, 0) is 37.1 Å². The van der Waals surface area contributed by atoms with Gasteiger partial charge in [0.25, 0.3) is 10.2 Å². The predicted octanol–water partition coefficient (Wildman–Crippen LogP) is 2.42. The second kappa shape index (κ2) is 16.7. The number of hydrogen-bond donors (Lipinski definition) is 2. The lowest BCUT2D eigenvalue weighted by molar-refractivity contribution is -0.798. The normalized spacial score (nSPS) is 14.4. The molecule has 1 aromatic carbocycles. The van der Waals surface area contributed by atoms with Gasteiger partial charge in [0, 0.05) is 31.0 Å². The Bertz CT molecular complexity index is 1510. The Balaban J connectivity index is 2.18. The molecule has 46 heavy (non-hydrogen) atoms. The van der Waals surface area contributed by atoms with Crippen LogP contribution in [0.25, 0.3) is 17.3 Å². The van der Waals surface area contributed by atoms with E-state index in [-0.39, 0.29) is 30.4 Å². The Labute approximate surface area is 263 Å². The molecule has 0 saturated carbocycles. The number of anilines is 1. The van der Waals surface area contributed by atoms with Crippen molar-refractivity contribution in [3.8, 4) is 11.3 Å². The van der Waals surface area contributed by atoms with Crippen molar-refractivity contribution in [3.05, 3.63) is 67.6 Å². The molecule has 0 fully saturated rings. The maximum absolute atomic E-state index is 13.7. The van der Waals surface area contributed by atoms with Crippen molar-refractivity contribution in [1.29, 1.82) is 0 Å². The van der Waals surface area contributed by atoms with Crippen LogP contribution in [0, 0.1) is 26.0 Å². The second-order valence-electron chi connectivity index (χ2n) is 10.5. The molecule has 2 rings (SSSR count). The van der Waals surface area contributed by atoms with Crippen LogP contribution in [0.4, 0.5) is 10.3 Å². The predicted molar refractivity (Wildman–Crippen MR) is 160 cm³/mol.